The van der Waals surface area contributed by atoms with E-state index in [-0.39, 0.29) is 36.4 Å². The molecule has 40 heavy (non-hydrogen) atoms. The number of guanidine groups is 1. The second kappa shape index (κ2) is 14.3. The number of benzene rings is 2. The van der Waals surface area contributed by atoms with Crippen LogP contribution in [-0.2, 0) is 4.79 Å². The van der Waals surface area contributed by atoms with Gasteiger partial charge in [0.25, 0.3) is 11.8 Å². The number of para-hydroxylation sites is 2. The fraction of sp³-hybridized carbons (Fsp3) is 0.321. The lowest BCUT2D eigenvalue weighted by Gasteiger charge is -2.22. The van der Waals surface area contributed by atoms with Crippen molar-refractivity contribution in [2.75, 3.05) is 6.54 Å². The molecular weight excluding hydrogens is 516 g/mol. The smallest absolute Gasteiger partial charge is 0.326 e. The van der Waals surface area contributed by atoms with Crippen LogP contribution in [0.5, 0.6) is 11.5 Å². The van der Waals surface area contributed by atoms with Crippen molar-refractivity contribution in [1.29, 1.82) is 0 Å². The highest BCUT2D eigenvalue weighted by atomic mass is 16.5. The molecule has 3 aromatic rings. The molecule has 2 amide bonds. The van der Waals surface area contributed by atoms with E-state index in [0.29, 0.717) is 29.9 Å². The second-order valence-corrected chi connectivity index (χ2v) is 9.13. The average Bonchev–Trinajstić information content (AvgIpc) is 3.43. The van der Waals surface area contributed by atoms with Crippen LogP contribution in [0.4, 0.5) is 0 Å². The number of nitrogens with zero attached hydrogens (tertiary/aromatic N) is 2. The summed E-state index contributed by atoms with van der Waals surface area (Å²) in [6.07, 6.45) is 2.26. The Morgan fingerprint density at radius 1 is 1.05 bits per heavy atom. The van der Waals surface area contributed by atoms with Gasteiger partial charge in [0.2, 0.25) is 5.89 Å². The van der Waals surface area contributed by atoms with Crippen LogP contribution in [0.2, 0.25) is 0 Å². The molecule has 2 aromatic carbocycles. The first kappa shape index (κ1) is 29.7. The van der Waals surface area contributed by atoms with Crippen molar-refractivity contribution in [1.82, 2.24) is 15.6 Å². The lowest BCUT2D eigenvalue weighted by atomic mass is 9.98. The summed E-state index contributed by atoms with van der Waals surface area (Å²) >= 11 is 0. The van der Waals surface area contributed by atoms with Gasteiger partial charge in [0, 0.05) is 6.54 Å². The first-order chi connectivity index (χ1) is 19.2. The zero-order valence-corrected chi connectivity index (χ0v) is 22.4. The van der Waals surface area contributed by atoms with Gasteiger partial charge < -0.3 is 36.4 Å². The van der Waals surface area contributed by atoms with Gasteiger partial charge in [-0.2, -0.15) is 0 Å². The first-order valence-corrected chi connectivity index (χ1v) is 12.9. The van der Waals surface area contributed by atoms with Gasteiger partial charge in [0.05, 0.1) is 5.56 Å². The lowest BCUT2D eigenvalue weighted by molar-refractivity contribution is -0.139. The number of aromatic nitrogens is 1. The normalized spacial score (nSPS) is 12.9. The molecule has 1 aromatic heterocycles. The lowest BCUT2D eigenvalue weighted by Crippen LogP contribution is -2.41. The van der Waals surface area contributed by atoms with Crippen LogP contribution in [0.25, 0.3) is 0 Å². The molecule has 7 N–H and O–H groups in total. The van der Waals surface area contributed by atoms with Crippen LogP contribution in [0.15, 0.2) is 70.3 Å². The Kier molecular flexibility index (Phi) is 10.6. The third kappa shape index (κ3) is 8.32. The second-order valence-electron chi connectivity index (χ2n) is 9.13. The molecule has 0 spiro atoms. The number of carbonyl (C=O) groups excluding carboxylic acids is 2. The molecule has 0 unspecified atom stereocenters. The van der Waals surface area contributed by atoms with Crippen molar-refractivity contribution < 1.29 is 28.6 Å². The minimum absolute atomic E-state index is 0.0961. The summed E-state index contributed by atoms with van der Waals surface area (Å²) in [6, 6.07) is 14.1. The molecule has 0 fully saturated rings. The fourth-order valence-electron chi connectivity index (χ4n) is 3.79. The van der Waals surface area contributed by atoms with Crippen LogP contribution >= 0.6 is 0 Å². The molecule has 0 aliphatic heterocycles. The quantitative estimate of drug-likeness (QED) is 0.114. The van der Waals surface area contributed by atoms with E-state index in [1.807, 2.05) is 32.0 Å². The molecule has 0 saturated heterocycles. The molecule has 3 rings (SSSR count). The molecule has 12 nitrogen and oxygen atoms in total. The Balaban J connectivity index is 1.74. The van der Waals surface area contributed by atoms with E-state index in [1.165, 1.54) is 0 Å². The van der Waals surface area contributed by atoms with Crippen LogP contribution < -0.4 is 26.8 Å². The van der Waals surface area contributed by atoms with Crippen LogP contribution in [-0.4, -0.2) is 46.4 Å². The fourth-order valence-corrected chi connectivity index (χ4v) is 3.79. The highest BCUT2D eigenvalue weighted by Crippen LogP contribution is 2.28. The van der Waals surface area contributed by atoms with Gasteiger partial charge in [-0.3, -0.25) is 14.6 Å². The topological polar surface area (TPSA) is 195 Å². The van der Waals surface area contributed by atoms with Gasteiger partial charge in [-0.15, -0.1) is 0 Å². The Morgan fingerprint density at radius 2 is 1.75 bits per heavy atom. The van der Waals surface area contributed by atoms with Gasteiger partial charge in [-0.05, 0) is 43.0 Å². The average molecular weight is 551 g/mol. The number of nitrogens with two attached hydrogens (primary N) is 2. The molecule has 12 heteroatoms. The summed E-state index contributed by atoms with van der Waals surface area (Å²) in [6.45, 7) is 4.09. The van der Waals surface area contributed by atoms with E-state index in [2.05, 4.69) is 20.6 Å². The summed E-state index contributed by atoms with van der Waals surface area (Å²) < 4.78 is 11.5. The molecule has 0 saturated carbocycles. The minimum atomic E-state index is -1.21. The molecule has 0 bridgehead atoms. The number of hydrogen-bond acceptors (Lipinski definition) is 7. The molecule has 212 valence electrons. The summed E-state index contributed by atoms with van der Waals surface area (Å²) in [5, 5.41) is 14.9. The number of nitrogens with one attached hydrogen (secondary N) is 2. The Hall–Kier alpha value is -4.87. The van der Waals surface area contributed by atoms with Crippen LogP contribution in [0.3, 0.4) is 0 Å². The van der Waals surface area contributed by atoms with Gasteiger partial charge in [-0.25, -0.2) is 9.78 Å². The van der Waals surface area contributed by atoms with E-state index in [1.54, 1.807) is 36.4 Å². The SMILES string of the molecule is CC[C@H](C)[C@H](NC(=O)c1ccccc1Oc1ccccc1)c1nc(C(=O)N[C@@H](CCCN=C(N)N)C(=O)O)co1. The molecule has 3 atom stereocenters. The van der Waals surface area contributed by atoms with Crippen molar-refractivity contribution >= 4 is 23.7 Å². The number of ether oxygens (including phenoxy) is 1. The number of hydrogen-bond donors (Lipinski definition) is 5. The van der Waals surface area contributed by atoms with Crippen LogP contribution in [0.1, 0.15) is 65.9 Å². The van der Waals surface area contributed by atoms with Crippen molar-refractivity contribution in [2.45, 2.75) is 45.2 Å². The summed E-state index contributed by atoms with van der Waals surface area (Å²) in [5.41, 5.74) is 10.8. The number of amides is 2. The molecule has 0 radical (unpaired) electrons. The number of carboxylic acids is 1. The number of oxazole rings is 1. The van der Waals surface area contributed by atoms with Crippen molar-refractivity contribution in [2.24, 2.45) is 22.4 Å². The zero-order valence-electron chi connectivity index (χ0n) is 22.4. The van der Waals surface area contributed by atoms with Gasteiger partial charge in [-0.1, -0.05) is 50.6 Å². The number of carbonyl (C=O) groups is 3. The summed E-state index contributed by atoms with van der Waals surface area (Å²) in [7, 11) is 0. The Morgan fingerprint density at radius 3 is 2.42 bits per heavy atom. The van der Waals surface area contributed by atoms with Crippen LogP contribution in [0, 0.1) is 5.92 Å². The number of aliphatic imine (C=N–C) groups is 1. The van der Waals surface area contributed by atoms with E-state index >= 15 is 0 Å². The Bertz CT molecular complexity index is 1320. The van der Waals surface area contributed by atoms with Gasteiger partial charge in [0.1, 0.15) is 29.8 Å². The monoisotopic (exact) mass is 550 g/mol. The molecule has 0 aliphatic rings. The van der Waals surface area contributed by atoms with Crippen molar-refractivity contribution in [3.63, 3.8) is 0 Å². The molecular formula is C28H34N6O6. The van der Waals surface area contributed by atoms with Crippen molar-refractivity contribution in [3.8, 4) is 11.5 Å². The van der Waals surface area contributed by atoms with Crippen molar-refractivity contribution in [3.05, 3.63) is 78.0 Å². The third-order valence-corrected chi connectivity index (χ3v) is 6.17. The molecule has 0 aliphatic carbocycles. The maximum absolute atomic E-state index is 13.4. The van der Waals surface area contributed by atoms with Gasteiger partial charge in [0.15, 0.2) is 11.7 Å². The maximum atomic E-state index is 13.4. The number of carboxylic acid groups (broad SMARTS) is 1. The molecule has 1 heterocycles. The number of rotatable bonds is 14. The first-order valence-electron chi connectivity index (χ1n) is 12.9. The zero-order chi connectivity index (χ0) is 29.1. The third-order valence-electron chi connectivity index (χ3n) is 6.17. The predicted molar refractivity (Wildman–Crippen MR) is 148 cm³/mol. The Labute approximate surface area is 231 Å². The summed E-state index contributed by atoms with van der Waals surface area (Å²) in [4.78, 5) is 45.8. The standard InChI is InChI=1S/C28H34N6O6/c1-3-17(2)23(34-24(35)19-12-7-8-14-22(19)40-18-10-5-4-6-11-18)26-33-21(16-39-26)25(36)32-20(27(37)38)13-9-15-31-28(29)30/h4-8,10-12,14,16-17,20,23H,3,9,13,15H2,1-2H3,(H,32,36)(H,34,35)(H,37,38)(H4,29,30,31)/t17-,20-,23-/m0/s1. The van der Waals surface area contributed by atoms with E-state index in [4.69, 9.17) is 20.6 Å². The summed E-state index contributed by atoms with van der Waals surface area (Å²) in [5.74, 6) is -1.46. The van der Waals surface area contributed by atoms with E-state index in [0.717, 1.165) is 6.26 Å². The predicted octanol–water partition coefficient (Wildman–Crippen LogP) is 3.22. The maximum Gasteiger partial charge on any atom is 0.326 e. The van der Waals surface area contributed by atoms with E-state index in [9.17, 15) is 19.5 Å². The van der Waals surface area contributed by atoms with Gasteiger partial charge >= 0.3 is 5.97 Å². The largest absolute Gasteiger partial charge is 0.480 e. The minimum Gasteiger partial charge on any atom is -0.480 e. The highest BCUT2D eigenvalue weighted by Gasteiger charge is 2.29. The number of aliphatic carboxylic acids is 1. The highest BCUT2D eigenvalue weighted by molar-refractivity contribution is 5.97. The van der Waals surface area contributed by atoms with E-state index < -0.39 is 29.9 Å².